The quantitative estimate of drug-likeness (QED) is 0.509. The van der Waals surface area contributed by atoms with Gasteiger partial charge in [-0.2, -0.15) is 0 Å². The number of carbonyl (C=O) groups is 2. The average Bonchev–Trinajstić information content (AvgIpc) is 2.70. The third-order valence-electron chi connectivity index (χ3n) is 4.37. The molecule has 6 nitrogen and oxygen atoms in total. The lowest BCUT2D eigenvalue weighted by molar-refractivity contribution is -0.123. The van der Waals surface area contributed by atoms with Crippen molar-refractivity contribution in [3.05, 3.63) is 64.9 Å². The monoisotopic (exact) mass is 428 g/mol. The highest BCUT2D eigenvalue weighted by molar-refractivity contribution is 6.30. The first-order chi connectivity index (χ1) is 14.4. The Morgan fingerprint density at radius 3 is 2.80 bits per heavy atom. The Balaban J connectivity index is 1.72. The summed E-state index contributed by atoms with van der Waals surface area (Å²) in [6.07, 6.45) is 2.49. The summed E-state index contributed by atoms with van der Waals surface area (Å²) in [7, 11) is 0. The summed E-state index contributed by atoms with van der Waals surface area (Å²) in [5, 5.41) is 3.40. The van der Waals surface area contributed by atoms with Crippen molar-refractivity contribution in [3.63, 3.8) is 0 Å². The van der Waals surface area contributed by atoms with E-state index in [0.717, 1.165) is 5.56 Å². The Morgan fingerprint density at radius 1 is 1.23 bits per heavy atom. The number of halogens is 1. The summed E-state index contributed by atoms with van der Waals surface area (Å²) in [5.41, 5.74) is 1.30. The second-order valence-corrected chi connectivity index (χ2v) is 7.58. The summed E-state index contributed by atoms with van der Waals surface area (Å²) in [4.78, 5) is 26.9. The van der Waals surface area contributed by atoms with Gasteiger partial charge in [-0.3, -0.25) is 14.5 Å². The lowest BCUT2D eigenvalue weighted by Gasteiger charge is -2.30. The minimum Gasteiger partial charge on any atom is -0.449 e. The molecule has 1 N–H and O–H groups in total. The van der Waals surface area contributed by atoms with Gasteiger partial charge in [0, 0.05) is 18.2 Å². The van der Waals surface area contributed by atoms with Crippen molar-refractivity contribution in [1.82, 2.24) is 5.32 Å². The Bertz CT molecular complexity index is 942. The molecular weight excluding hydrogens is 404 g/mol. The van der Waals surface area contributed by atoms with Gasteiger partial charge >= 0.3 is 0 Å². The Morgan fingerprint density at radius 2 is 2.03 bits per heavy atom. The number of rotatable bonds is 8. The summed E-state index contributed by atoms with van der Waals surface area (Å²) < 4.78 is 11.3. The number of nitrogens with zero attached hydrogens (tertiary/aromatic N) is 1. The van der Waals surface area contributed by atoms with Gasteiger partial charge < -0.3 is 14.8 Å². The van der Waals surface area contributed by atoms with Gasteiger partial charge in [0.2, 0.25) is 5.91 Å². The van der Waals surface area contributed by atoms with Crippen LogP contribution in [0.4, 0.5) is 5.69 Å². The maximum atomic E-state index is 13.1. The van der Waals surface area contributed by atoms with Crippen LogP contribution < -0.4 is 15.0 Å². The number of amides is 2. The third kappa shape index (κ3) is 5.84. The number of carbonyl (C=O) groups excluding carboxylic acids is 2. The molecule has 3 rings (SSSR count). The van der Waals surface area contributed by atoms with Gasteiger partial charge in [-0.15, -0.1) is 0 Å². The molecule has 158 valence electrons. The van der Waals surface area contributed by atoms with E-state index in [9.17, 15) is 9.59 Å². The van der Waals surface area contributed by atoms with Crippen LogP contribution in [-0.2, 0) is 14.3 Å². The maximum Gasteiger partial charge on any atom is 0.294 e. The predicted molar refractivity (Wildman–Crippen MR) is 118 cm³/mol. The number of benzene rings is 2. The van der Waals surface area contributed by atoms with E-state index in [1.807, 2.05) is 26.0 Å². The zero-order chi connectivity index (χ0) is 21.5. The van der Waals surface area contributed by atoms with Gasteiger partial charge in [-0.25, -0.2) is 0 Å². The molecule has 0 bridgehead atoms. The fraction of sp³-hybridized carbons (Fsp3) is 0.304. The van der Waals surface area contributed by atoms with Crippen molar-refractivity contribution in [2.24, 2.45) is 0 Å². The molecule has 1 aliphatic rings. The maximum absolute atomic E-state index is 13.1. The smallest absolute Gasteiger partial charge is 0.294 e. The summed E-state index contributed by atoms with van der Waals surface area (Å²) in [5.74, 6) is 0.0243. The number of para-hydroxylation sites is 2. The minimum atomic E-state index is -0.382. The van der Waals surface area contributed by atoms with E-state index >= 15 is 0 Å². The summed E-state index contributed by atoms with van der Waals surface area (Å²) in [6, 6.07) is 14.3. The van der Waals surface area contributed by atoms with Crippen LogP contribution in [0, 0.1) is 0 Å². The minimum absolute atomic E-state index is 0.100. The van der Waals surface area contributed by atoms with Gasteiger partial charge in [0.25, 0.3) is 5.91 Å². The summed E-state index contributed by atoms with van der Waals surface area (Å²) in [6.45, 7) is 4.89. The molecule has 0 aromatic heterocycles. The topological polar surface area (TPSA) is 67.9 Å². The lowest BCUT2D eigenvalue weighted by atomic mass is 10.1. The van der Waals surface area contributed by atoms with Crippen LogP contribution in [0.5, 0.6) is 5.75 Å². The molecule has 2 aromatic rings. The number of fused-ring (bicyclic) bond motifs is 1. The second-order valence-electron chi connectivity index (χ2n) is 7.15. The van der Waals surface area contributed by atoms with Crippen molar-refractivity contribution in [2.45, 2.75) is 26.4 Å². The van der Waals surface area contributed by atoms with Crippen molar-refractivity contribution in [2.75, 3.05) is 24.6 Å². The van der Waals surface area contributed by atoms with Crippen LogP contribution in [0.25, 0.3) is 6.08 Å². The Labute approximate surface area is 181 Å². The number of ether oxygens (including phenoxy) is 2. The van der Waals surface area contributed by atoms with Crippen LogP contribution in [0.1, 0.15) is 25.8 Å². The van der Waals surface area contributed by atoms with E-state index in [0.29, 0.717) is 36.0 Å². The Hall–Kier alpha value is -2.83. The Kier molecular flexibility index (Phi) is 7.49. The van der Waals surface area contributed by atoms with Crippen molar-refractivity contribution in [3.8, 4) is 5.75 Å². The largest absolute Gasteiger partial charge is 0.449 e. The molecule has 0 aliphatic carbocycles. The van der Waals surface area contributed by atoms with Gasteiger partial charge in [-0.05, 0) is 56.2 Å². The highest BCUT2D eigenvalue weighted by Crippen LogP contribution is 2.35. The lowest BCUT2D eigenvalue weighted by Crippen LogP contribution is -2.44. The molecule has 0 radical (unpaired) electrons. The third-order valence-corrected chi connectivity index (χ3v) is 4.61. The molecule has 0 saturated carbocycles. The number of hydrogen-bond acceptors (Lipinski definition) is 4. The van der Waals surface area contributed by atoms with E-state index in [1.165, 1.54) is 4.90 Å². The first-order valence-corrected chi connectivity index (χ1v) is 10.3. The van der Waals surface area contributed by atoms with Gasteiger partial charge in [0.05, 0.1) is 11.8 Å². The molecule has 30 heavy (non-hydrogen) atoms. The zero-order valence-electron chi connectivity index (χ0n) is 17.1. The van der Waals surface area contributed by atoms with Crippen molar-refractivity contribution in [1.29, 1.82) is 0 Å². The molecule has 0 saturated heterocycles. The molecule has 1 heterocycles. The van der Waals surface area contributed by atoms with Crippen LogP contribution in [0.15, 0.2) is 54.3 Å². The van der Waals surface area contributed by atoms with E-state index < -0.39 is 0 Å². The molecule has 2 amide bonds. The van der Waals surface area contributed by atoms with Crippen LogP contribution >= 0.6 is 11.6 Å². The fourth-order valence-corrected chi connectivity index (χ4v) is 3.18. The van der Waals surface area contributed by atoms with E-state index in [4.69, 9.17) is 21.1 Å². The average molecular weight is 429 g/mol. The van der Waals surface area contributed by atoms with Crippen molar-refractivity contribution < 1.29 is 19.1 Å². The summed E-state index contributed by atoms with van der Waals surface area (Å²) >= 11 is 6.04. The number of nitrogens with one attached hydrogen (secondary N) is 1. The van der Waals surface area contributed by atoms with Crippen LogP contribution in [-0.4, -0.2) is 37.6 Å². The first kappa shape index (κ1) is 21.9. The molecule has 7 heteroatoms. The predicted octanol–water partition coefficient (Wildman–Crippen LogP) is 4.04. The molecule has 0 fully saturated rings. The van der Waals surface area contributed by atoms with Gasteiger partial charge in [0.1, 0.15) is 6.54 Å². The first-order valence-electron chi connectivity index (χ1n) is 9.88. The fourth-order valence-electron chi connectivity index (χ4n) is 2.99. The van der Waals surface area contributed by atoms with E-state index in [-0.39, 0.29) is 30.2 Å². The molecule has 2 aromatic carbocycles. The molecule has 0 spiro atoms. The van der Waals surface area contributed by atoms with E-state index in [1.54, 1.807) is 42.5 Å². The van der Waals surface area contributed by atoms with Crippen LogP contribution in [0.2, 0.25) is 5.02 Å². The van der Waals surface area contributed by atoms with E-state index in [2.05, 4.69) is 5.32 Å². The number of anilines is 1. The molecular formula is C23H25ClN2O4. The highest BCUT2D eigenvalue weighted by atomic mass is 35.5. The highest BCUT2D eigenvalue weighted by Gasteiger charge is 2.31. The SMILES string of the molecule is CC(C)OCCCNC(=O)CN1C(=O)C(=Cc2cccc(Cl)c2)Oc2ccccc21. The number of hydrogen-bond donors (Lipinski definition) is 1. The van der Waals surface area contributed by atoms with Gasteiger partial charge in [0.15, 0.2) is 11.5 Å². The van der Waals surface area contributed by atoms with Crippen molar-refractivity contribution >= 4 is 35.2 Å². The normalized spacial score (nSPS) is 14.6. The zero-order valence-corrected chi connectivity index (χ0v) is 17.8. The van der Waals surface area contributed by atoms with Crippen LogP contribution in [0.3, 0.4) is 0 Å². The molecule has 1 aliphatic heterocycles. The van der Waals surface area contributed by atoms with Gasteiger partial charge in [-0.1, -0.05) is 35.9 Å². The standard InChI is InChI=1S/C23H25ClN2O4/c1-16(2)29-12-6-11-25-22(27)15-26-19-9-3-4-10-20(19)30-21(23(26)28)14-17-7-5-8-18(24)13-17/h3-5,7-10,13-14,16H,6,11-12,15H2,1-2H3,(H,25,27). The second kappa shape index (κ2) is 10.3. The molecule has 0 atom stereocenters. The molecule has 0 unspecified atom stereocenters.